The van der Waals surface area contributed by atoms with Crippen LogP contribution in [0.25, 0.3) is 42.4 Å². The molecule has 0 fully saturated rings. The lowest BCUT2D eigenvalue weighted by Crippen LogP contribution is -2.28. The molecule has 53 heavy (non-hydrogen) atoms. The van der Waals surface area contributed by atoms with Crippen LogP contribution in [0.3, 0.4) is 0 Å². The van der Waals surface area contributed by atoms with Crippen molar-refractivity contribution in [3.05, 3.63) is 216 Å². The molecule has 2 aliphatic rings. The minimum absolute atomic E-state index is 0.453. The zero-order valence-electron chi connectivity index (χ0n) is 30.2. The summed E-state index contributed by atoms with van der Waals surface area (Å²) in [5, 5.41) is 2.66. The van der Waals surface area contributed by atoms with Crippen LogP contribution in [0, 0.1) is 0 Å². The van der Waals surface area contributed by atoms with Gasteiger partial charge in [-0.25, -0.2) is 0 Å². The van der Waals surface area contributed by atoms with Gasteiger partial charge in [0.15, 0.2) is 0 Å². The van der Waals surface area contributed by atoms with Crippen molar-refractivity contribution >= 4 is 42.9 Å². The van der Waals surface area contributed by atoms with E-state index in [0.29, 0.717) is 0 Å². The maximum atomic E-state index is 2.46. The van der Waals surface area contributed by atoms with E-state index in [-0.39, 0.29) is 0 Å². The lowest BCUT2D eigenvalue weighted by atomic mass is 9.67. The summed E-state index contributed by atoms with van der Waals surface area (Å²) in [6.45, 7) is 4.00. The van der Waals surface area contributed by atoms with E-state index < -0.39 is 5.41 Å². The fraction of sp³-hybridized carbons (Fsp3) is 0.0980. The second-order valence-corrected chi connectivity index (χ2v) is 14.7. The molecule has 0 spiro atoms. The summed E-state index contributed by atoms with van der Waals surface area (Å²) in [6, 6.07) is 63.1. The van der Waals surface area contributed by atoms with Gasteiger partial charge in [-0.15, -0.1) is 11.3 Å². The number of hydrogen-bond donors (Lipinski definition) is 0. The van der Waals surface area contributed by atoms with Crippen molar-refractivity contribution in [3.8, 4) is 22.3 Å². The summed E-state index contributed by atoms with van der Waals surface area (Å²) in [7, 11) is 0. The van der Waals surface area contributed by atoms with Gasteiger partial charge in [0.2, 0.25) is 0 Å². The minimum atomic E-state index is -0.453. The van der Waals surface area contributed by atoms with Gasteiger partial charge in [0.05, 0.1) is 5.41 Å². The number of allylic oxidation sites excluding steroid dienone is 4. The van der Waals surface area contributed by atoms with E-state index in [9.17, 15) is 0 Å². The summed E-state index contributed by atoms with van der Waals surface area (Å²) in [6.07, 6.45) is 8.77. The highest BCUT2D eigenvalue weighted by Crippen LogP contribution is 2.57. The highest BCUT2D eigenvalue weighted by Gasteiger charge is 2.46. The number of nitrogens with zero attached hydrogens (tertiary/aromatic N) is 1. The molecule has 0 radical (unpaired) electrons. The highest BCUT2D eigenvalue weighted by atomic mass is 32.1. The molecule has 7 aromatic carbocycles. The first kappa shape index (κ1) is 32.9. The van der Waals surface area contributed by atoms with Crippen LogP contribution in [0.2, 0.25) is 0 Å². The average Bonchev–Trinajstić information content (AvgIpc) is 3.77. The van der Waals surface area contributed by atoms with Crippen LogP contribution in [0.15, 0.2) is 194 Å². The lowest BCUT2D eigenvalue weighted by molar-refractivity contribution is 0.770. The predicted octanol–water partition coefficient (Wildman–Crippen LogP) is 14.5. The highest BCUT2D eigenvalue weighted by molar-refractivity contribution is 7.25. The van der Waals surface area contributed by atoms with E-state index in [4.69, 9.17) is 0 Å². The molecular weight excluding hydrogens is 659 g/mol. The predicted molar refractivity (Wildman–Crippen MR) is 228 cm³/mol. The molecule has 0 N–H and O–H groups in total. The Hall–Kier alpha value is -5.96. The Morgan fingerprint density at radius 3 is 1.75 bits per heavy atom. The zero-order valence-corrected chi connectivity index (χ0v) is 31.0. The van der Waals surface area contributed by atoms with E-state index in [2.05, 4.69) is 193 Å². The average molecular weight is 700 g/mol. The number of hydrogen-bond acceptors (Lipinski definition) is 2. The third kappa shape index (κ3) is 5.45. The molecule has 1 aromatic heterocycles. The summed E-state index contributed by atoms with van der Waals surface area (Å²) in [5.74, 6) is 0. The fourth-order valence-electron chi connectivity index (χ4n) is 8.53. The standard InChI is InChI=1S/C49H35NS.C2H6/c1-3-13-34(14-4-1)35-23-28-39(29-24-35)50(38-15-5-2-6-16-38)40-30-25-36(26-31-40)49(45-20-10-7-17-41(45)42-18-8-11-21-46(42)49)37-27-32-44-43-19-9-12-22-47(43)51-48(44)33-37;1-2/h1-5,7-15,17-33H,6,16H2;1-2H3. The van der Waals surface area contributed by atoms with Crippen LogP contribution in [0.5, 0.6) is 0 Å². The second kappa shape index (κ2) is 13.9. The fourth-order valence-corrected chi connectivity index (χ4v) is 9.68. The van der Waals surface area contributed by atoms with Crippen molar-refractivity contribution in [1.29, 1.82) is 0 Å². The molecular formula is C51H41NS. The van der Waals surface area contributed by atoms with Crippen molar-refractivity contribution < 1.29 is 0 Å². The largest absolute Gasteiger partial charge is 0.314 e. The topological polar surface area (TPSA) is 3.24 Å². The molecule has 10 rings (SSSR count). The molecule has 0 unspecified atom stereocenters. The van der Waals surface area contributed by atoms with Gasteiger partial charge in [0.25, 0.3) is 0 Å². The quantitative estimate of drug-likeness (QED) is 0.167. The molecule has 256 valence electrons. The first-order valence-electron chi connectivity index (χ1n) is 18.8. The maximum absolute atomic E-state index is 2.46. The van der Waals surface area contributed by atoms with Crippen LogP contribution in [-0.2, 0) is 5.41 Å². The molecule has 0 atom stereocenters. The Labute approximate surface area is 316 Å². The van der Waals surface area contributed by atoms with E-state index in [0.717, 1.165) is 12.8 Å². The van der Waals surface area contributed by atoms with Crippen molar-refractivity contribution in [2.75, 3.05) is 4.90 Å². The molecule has 0 amide bonds. The van der Waals surface area contributed by atoms with E-state index in [1.807, 2.05) is 25.2 Å². The second-order valence-electron chi connectivity index (χ2n) is 13.6. The minimum Gasteiger partial charge on any atom is -0.314 e. The Morgan fingerprint density at radius 2 is 1.08 bits per heavy atom. The summed E-state index contributed by atoms with van der Waals surface area (Å²) < 4.78 is 2.66. The SMILES string of the molecule is C1=CCCC(N(c2ccc(-c3ccccc3)cc2)c2ccc(C3(c4ccc5c(c4)sc4ccccc45)c4ccccc4-c4ccccc43)cc2)=C1.CC. The third-order valence-corrected chi connectivity index (χ3v) is 12.0. The molecule has 0 saturated carbocycles. The molecule has 1 nitrogen and oxygen atoms in total. The molecule has 0 saturated heterocycles. The van der Waals surface area contributed by atoms with Gasteiger partial charge >= 0.3 is 0 Å². The Bertz CT molecular complexity index is 2580. The van der Waals surface area contributed by atoms with Crippen LogP contribution < -0.4 is 4.90 Å². The summed E-state index contributed by atoms with van der Waals surface area (Å²) in [5.41, 5.74) is 13.5. The monoisotopic (exact) mass is 699 g/mol. The Balaban J connectivity index is 0.00000183. The van der Waals surface area contributed by atoms with Gasteiger partial charge in [-0.3, -0.25) is 0 Å². The van der Waals surface area contributed by atoms with Gasteiger partial charge in [-0.2, -0.15) is 0 Å². The van der Waals surface area contributed by atoms with Crippen molar-refractivity contribution in [2.45, 2.75) is 32.1 Å². The molecule has 1 heterocycles. The van der Waals surface area contributed by atoms with Crippen LogP contribution >= 0.6 is 11.3 Å². The number of benzene rings is 7. The molecule has 2 heteroatoms. The van der Waals surface area contributed by atoms with Gasteiger partial charge in [0, 0.05) is 37.2 Å². The molecule has 2 aliphatic carbocycles. The van der Waals surface area contributed by atoms with E-state index in [1.165, 1.54) is 81.8 Å². The number of thiophene rings is 1. The first-order chi connectivity index (χ1) is 26.3. The van der Waals surface area contributed by atoms with Gasteiger partial charge in [-0.05, 0) is 99.8 Å². The molecule has 0 aliphatic heterocycles. The Morgan fingerprint density at radius 1 is 0.509 bits per heavy atom. The van der Waals surface area contributed by atoms with E-state index in [1.54, 1.807) is 0 Å². The van der Waals surface area contributed by atoms with Crippen molar-refractivity contribution in [3.63, 3.8) is 0 Å². The third-order valence-electron chi connectivity index (χ3n) is 10.8. The molecule has 0 bridgehead atoms. The zero-order chi connectivity index (χ0) is 35.8. The van der Waals surface area contributed by atoms with Gasteiger partial charge < -0.3 is 4.90 Å². The van der Waals surface area contributed by atoms with Crippen LogP contribution in [0.4, 0.5) is 11.4 Å². The summed E-state index contributed by atoms with van der Waals surface area (Å²) >= 11 is 1.89. The summed E-state index contributed by atoms with van der Waals surface area (Å²) in [4.78, 5) is 2.44. The smallest absolute Gasteiger partial charge is 0.0714 e. The number of fused-ring (bicyclic) bond motifs is 6. The van der Waals surface area contributed by atoms with Crippen molar-refractivity contribution in [2.24, 2.45) is 0 Å². The normalized spacial score (nSPS) is 13.9. The maximum Gasteiger partial charge on any atom is 0.0714 e. The van der Waals surface area contributed by atoms with Crippen LogP contribution in [-0.4, -0.2) is 0 Å². The lowest BCUT2D eigenvalue weighted by Gasteiger charge is -2.35. The molecule has 8 aromatic rings. The van der Waals surface area contributed by atoms with Gasteiger partial charge in [-0.1, -0.05) is 159 Å². The number of rotatable bonds is 6. The Kier molecular flexibility index (Phi) is 8.62. The van der Waals surface area contributed by atoms with Gasteiger partial charge in [0.1, 0.15) is 0 Å². The first-order valence-corrected chi connectivity index (χ1v) is 19.6. The van der Waals surface area contributed by atoms with Crippen molar-refractivity contribution in [1.82, 2.24) is 0 Å². The number of anilines is 2. The van der Waals surface area contributed by atoms with E-state index >= 15 is 0 Å². The van der Waals surface area contributed by atoms with Crippen LogP contribution in [0.1, 0.15) is 48.9 Å².